The Hall–Kier alpha value is -2.14. The molecule has 0 radical (unpaired) electrons. The molecule has 110 valence electrons. The van der Waals surface area contributed by atoms with Gasteiger partial charge in [0.25, 0.3) is 5.91 Å². The molecule has 2 heterocycles. The van der Waals surface area contributed by atoms with Crippen molar-refractivity contribution in [1.29, 1.82) is 0 Å². The van der Waals surface area contributed by atoms with Crippen molar-refractivity contribution in [2.75, 3.05) is 0 Å². The molecule has 2 N–H and O–H groups in total. The minimum Gasteiger partial charge on any atom is -0.345 e. The van der Waals surface area contributed by atoms with E-state index in [1.807, 2.05) is 50.0 Å². The first-order valence-corrected chi connectivity index (χ1v) is 7.18. The quantitative estimate of drug-likeness (QED) is 0.904. The molecule has 0 bridgehead atoms. The summed E-state index contributed by atoms with van der Waals surface area (Å²) in [6.07, 6.45) is 1.81. The summed E-state index contributed by atoms with van der Waals surface area (Å²) in [5, 5.41) is 10.6. The molecule has 1 aromatic carbocycles. The molecule has 3 rings (SSSR count). The lowest BCUT2D eigenvalue weighted by atomic mass is 10.0. The third-order valence-corrected chi connectivity index (χ3v) is 4.19. The minimum atomic E-state index is -0.0578. The van der Waals surface area contributed by atoms with Crippen molar-refractivity contribution in [3.8, 4) is 0 Å². The summed E-state index contributed by atoms with van der Waals surface area (Å²) in [4.78, 5) is 12.4. The fourth-order valence-electron chi connectivity index (χ4n) is 2.73. The number of aromatic nitrogens is 2. The first-order chi connectivity index (χ1) is 10.1. The number of carbonyl (C=O) groups excluding carboxylic acids is 1. The largest absolute Gasteiger partial charge is 0.345 e. The molecule has 1 aliphatic rings. The van der Waals surface area contributed by atoms with E-state index in [0.717, 1.165) is 24.3 Å². The number of nitrogens with one attached hydrogen (secondary N) is 2. The van der Waals surface area contributed by atoms with E-state index in [-0.39, 0.29) is 11.9 Å². The summed E-state index contributed by atoms with van der Waals surface area (Å²) in [5.41, 5.74) is 5.33. The number of hydrogen-bond acceptors (Lipinski definition) is 3. The normalized spacial score (nSPS) is 14.8. The highest BCUT2D eigenvalue weighted by atomic mass is 16.1. The highest BCUT2D eigenvalue weighted by molar-refractivity contribution is 5.94. The van der Waals surface area contributed by atoms with Crippen LogP contribution >= 0.6 is 0 Å². The maximum atomic E-state index is 12.4. The lowest BCUT2D eigenvalue weighted by Gasteiger charge is -2.14. The Morgan fingerprint density at radius 2 is 2.14 bits per heavy atom. The number of amides is 1. The van der Waals surface area contributed by atoms with Gasteiger partial charge >= 0.3 is 0 Å². The van der Waals surface area contributed by atoms with E-state index < -0.39 is 0 Å². The predicted octanol–water partition coefficient (Wildman–Crippen LogP) is 1.82. The highest BCUT2D eigenvalue weighted by Crippen LogP contribution is 2.19. The first-order valence-electron chi connectivity index (χ1n) is 7.18. The molecule has 0 fully saturated rings. The number of hydrogen-bond donors (Lipinski definition) is 2. The molecule has 1 unspecified atom stereocenters. The maximum Gasteiger partial charge on any atom is 0.251 e. The molecule has 1 aromatic heterocycles. The summed E-state index contributed by atoms with van der Waals surface area (Å²) in [6, 6.07) is 5.85. The number of fused-ring (bicyclic) bond motifs is 1. The molecule has 2 aromatic rings. The molecule has 1 aliphatic heterocycles. The zero-order valence-electron chi connectivity index (χ0n) is 12.6. The molecular formula is C16H20N4O. The maximum absolute atomic E-state index is 12.4. The van der Waals surface area contributed by atoms with Crippen LogP contribution in [-0.4, -0.2) is 15.7 Å². The summed E-state index contributed by atoms with van der Waals surface area (Å²) in [7, 11) is 1.90. The average molecular weight is 284 g/mol. The van der Waals surface area contributed by atoms with Crippen molar-refractivity contribution in [3.63, 3.8) is 0 Å². The smallest absolute Gasteiger partial charge is 0.251 e. The van der Waals surface area contributed by atoms with E-state index in [1.165, 1.54) is 11.1 Å². The highest BCUT2D eigenvalue weighted by Gasteiger charge is 2.17. The first kappa shape index (κ1) is 13.8. The van der Waals surface area contributed by atoms with Gasteiger partial charge in [-0.2, -0.15) is 5.10 Å². The van der Waals surface area contributed by atoms with Crippen LogP contribution in [0, 0.1) is 6.92 Å². The Morgan fingerprint density at radius 1 is 1.38 bits per heavy atom. The fraction of sp³-hybridized carbons (Fsp3) is 0.375. The Balaban J connectivity index is 1.75. The van der Waals surface area contributed by atoms with E-state index >= 15 is 0 Å². The molecule has 1 atom stereocenters. The molecule has 5 nitrogen and oxygen atoms in total. The van der Waals surface area contributed by atoms with Crippen molar-refractivity contribution < 1.29 is 4.79 Å². The van der Waals surface area contributed by atoms with Crippen molar-refractivity contribution in [2.45, 2.75) is 33.0 Å². The fourth-order valence-corrected chi connectivity index (χ4v) is 2.73. The summed E-state index contributed by atoms with van der Waals surface area (Å²) >= 11 is 0. The van der Waals surface area contributed by atoms with Gasteiger partial charge in [-0.1, -0.05) is 6.07 Å². The molecule has 0 saturated carbocycles. The monoisotopic (exact) mass is 284 g/mol. The van der Waals surface area contributed by atoms with Gasteiger partial charge in [-0.15, -0.1) is 0 Å². The molecule has 1 amide bonds. The van der Waals surface area contributed by atoms with Gasteiger partial charge in [0.1, 0.15) is 0 Å². The van der Waals surface area contributed by atoms with Crippen LogP contribution in [0.15, 0.2) is 24.4 Å². The third-order valence-electron chi connectivity index (χ3n) is 4.19. The van der Waals surface area contributed by atoms with Crippen molar-refractivity contribution >= 4 is 5.91 Å². The van der Waals surface area contributed by atoms with Gasteiger partial charge in [0, 0.05) is 37.0 Å². The second kappa shape index (κ2) is 5.33. The zero-order valence-corrected chi connectivity index (χ0v) is 12.6. The molecule has 21 heavy (non-hydrogen) atoms. The lowest BCUT2D eigenvalue weighted by Crippen LogP contribution is -2.27. The van der Waals surface area contributed by atoms with Crippen LogP contribution < -0.4 is 10.6 Å². The summed E-state index contributed by atoms with van der Waals surface area (Å²) in [5.74, 6) is -0.0412. The van der Waals surface area contributed by atoms with Gasteiger partial charge in [-0.05, 0) is 37.1 Å². The second-order valence-electron chi connectivity index (χ2n) is 5.59. The standard InChI is InChI=1S/C16H20N4O/c1-10(15-9-18-20(3)11(15)2)19-16(21)12-4-5-13-7-17-8-14(13)6-12/h4-6,9-10,17H,7-8H2,1-3H3,(H,19,21). The van der Waals surface area contributed by atoms with E-state index in [4.69, 9.17) is 0 Å². The van der Waals surface area contributed by atoms with E-state index in [0.29, 0.717) is 5.56 Å². The van der Waals surface area contributed by atoms with E-state index in [2.05, 4.69) is 15.7 Å². The molecule has 0 saturated heterocycles. The van der Waals surface area contributed by atoms with Crippen LogP contribution in [0.1, 0.15) is 45.7 Å². The van der Waals surface area contributed by atoms with Crippen molar-refractivity contribution in [2.24, 2.45) is 7.05 Å². The third kappa shape index (κ3) is 2.56. The predicted molar refractivity (Wildman–Crippen MR) is 80.8 cm³/mol. The van der Waals surface area contributed by atoms with Crippen LogP contribution in [0.5, 0.6) is 0 Å². The van der Waals surface area contributed by atoms with Crippen LogP contribution in [0.2, 0.25) is 0 Å². The van der Waals surface area contributed by atoms with Gasteiger partial charge in [0.2, 0.25) is 0 Å². The summed E-state index contributed by atoms with van der Waals surface area (Å²) in [6.45, 7) is 5.72. The molecule has 0 spiro atoms. The SMILES string of the molecule is Cc1c(C(C)NC(=O)c2ccc3c(c2)CNC3)cnn1C. The van der Waals surface area contributed by atoms with Gasteiger partial charge < -0.3 is 10.6 Å². The van der Waals surface area contributed by atoms with Gasteiger partial charge in [0.05, 0.1) is 12.2 Å². The number of nitrogens with zero attached hydrogens (tertiary/aromatic N) is 2. The Bertz CT molecular complexity index is 690. The Morgan fingerprint density at radius 3 is 2.86 bits per heavy atom. The van der Waals surface area contributed by atoms with Gasteiger partial charge in [0.15, 0.2) is 0 Å². The van der Waals surface area contributed by atoms with Gasteiger partial charge in [-0.3, -0.25) is 9.48 Å². The number of aryl methyl sites for hydroxylation is 1. The van der Waals surface area contributed by atoms with Crippen LogP contribution in [0.4, 0.5) is 0 Å². The zero-order chi connectivity index (χ0) is 15.0. The van der Waals surface area contributed by atoms with Gasteiger partial charge in [-0.25, -0.2) is 0 Å². The Kier molecular flexibility index (Phi) is 3.51. The number of rotatable bonds is 3. The lowest BCUT2D eigenvalue weighted by molar-refractivity contribution is 0.0939. The van der Waals surface area contributed by atoms with Crippen LogP contribution in [0.25, 0.3) is 0 Å². The Labute approximate surface area is 124 Å². The van der Waals surface area contributed by atoms with E-state index in [9.17, 15) is 4.79 Å². The average Bonchev–Trinajstić information content (AvgIpc) is 3.05. The van der Waals surface area contributed by atoms with E-state index in [1.54, 1.807) is 0 Å². The van der Waals surface area contributed by atoms with Crippen molar-refractivity contribution in [3.05, 3.63) is 52.3 Å². The molecular weight excluding hydrogens is 264 g/mol. The topological polar surface area (TPSA) is 59.0 Å². The van der Waals surface area contributed by atoms with Crippen LogP contribution in [-0.2, 0) is 20.1 Å². The number of carbonyl (C=O) groups is 1. The summed E-state index contributed by atoms with van der Waals surface area (Å²) < 4.78 is 1.82. The van der Waals surface area contributed by atoms with Crippen LogP contribution in [0.3, 0.4) is 0 Å². The van der Waals surface area contributed by atoms with Crippen molar-refractivity contribution in [1.82, 2.24) is 20.4 Å². The molecule has 0 aliphatic carbocycles. The number of benzene rings is 1. The molecule has 5 heteroatoms. The second-order valence-corrected chi connectivity index (χ2v) is 5.59. The minimum absolute atomic E-state index is 0.0412.